The molecule has 0 aromatic carbocycles. The van der Waals surface area contributed by atoms with E-state index in [1.54, 1.807) is 0 Å². The maximum atomic E-state index is 10.0. The normalized spacial score (nSPS) is 10.8. The molecule has 1 nitrogen and oxygen atoms in total. The van der Waals surface area contributed by atoms with Gasteiger partial charge in [0, 0.05) is 12.2 Å². The number of hydrogen-bond acceptors (Lipinski definition) is 2. The van der Waals surface area contributed by atoms with E-state index in [0.29, 0.717) is 6.42 Å². The molecule has 113 valence electrons. The summed E-state index contributed by atoms with van der Waals surface area (Å²) < 4.78 is 0. The lowest BCUT2D eigenvalue weighted by Gasteiger charge is -2.02. The molecule has 0 bridgehead atoms. The molecule has 1 radical (unpaired) electrons. The van der Waals surface area contributed by atoms with Crippen molar-refractivity contribution in [1.29, 1.82) is 0 Å². The molecule has 0 N–H and O–H groups in total. The summed E-state index contributed by atoms with van der Waals surface area (Å²) in [7, 11) is 0. The summed E-state index contributed by atoms with van der Waals surface area (Å²) in [6.07, 6.45) is 19.5. The maximum absolute atomic E-state index is 10.0. The third kappa shape index (κ3) is 18.0. The minimum Gasteiger partial charge on any atom is -0.291 e. The fourth-order valence-corrected chi connectivity index (χ4v) is 3.10. The molecule has 0 saturated heterocycles. The zero-order valence-electron chi connectivity index (χ0n) is 12.9. The SMILES string of the molecule is CCCCCCCCCCCCCCSCC[C]=O. The van der Waals surface area contributed by atoms with Gasteiger partial charge in [0.05, 0.1) is 0 Å². The quantitative estimate of drug-likeness (QED) is 0.327. The van der Waals surface area contributed by atoms with Gasteiger partial charge in [0.1, 0.15) is 0 Å². The minimum atomic E-state index is 0.600. The molecule has 0 heterocycles. The zero-order chi connectivity index (χ0) is 14.0. The van der Waals surface area contributed by atoms with Crippen molar-refractivity contribution in [3.05, 3.63) is 0 Å². The Hall–Kier alpha value is 0.0200. The second-order valence-electron chi connectivity index (χ2n) is 5.40. The first-order chi connectivity index (χ1) is 9.41. The molecule has 0 atom stereocenters. The fourth-order valence-electron chi connectivity index (χ4n) is 2.26. The van der Waals surface area contributed by atoms with Crippen LogP contribution in [0.2, 0.25) is 0 Å². The van der Waals surface area contributed by atoms with Crippen molar-refractivity contribution >= 4 is 18.0 Å². The Morgan fingerprint density at radius 1 is 0.684 bits per heavy atom. The van der Waals surface area contributed by atoms with Crippen LogP contribution < -0.4 is 0 Å². The van der Waals surface area contributed by atoms with Crippen LogP contribution in [0.4, 0.5) is 0 Å². The van der Waals surface area contributed by atoms with Gasteiger partial charge in [0.25, 0.3) is 0 Å². The van der Waals surface area contributed by atoms with Crippen LogP contribution in [-0.2, 0) is 4.79 Å². The van der Waals surface area contributed by atoms with E-state index in [1.807, 2.05) is 18.0 Å². The van der Waals surface area contributed by atoms with Crippen LogP contribution >= 0.6 is 11.8 Å². The second kappa shape index (κ2) is 18.0. The Kier molecular flexibility index (Phi) is 18.0. The lowest BCUT2D eigenvalue weighted by Crippen LogP contribution is -1.86. The van der Waals surface area contributed by atoms with Gasteiger partial charge in [-0.05, 0) is 12.2 Å². The van der Waals surface area contributed by atoms with Crippen molar-refractivity contribution in [2.75, 3.05) is 11.5 Å². The van der Waals surface area contributed by atoms with Crippen molar-refractivity contribution < 1.29 is 4.79 Å². The van der Waals surface area contributed by atoms with Gasteiger partial charge in [-0.2, -0.15) is 11.8 Å². The van der Waals surface area contributed by atoms with Crippen LogP contribution in [0, 0.1) is 0 Å². The third-order valence-electron chi connectivity index (χ3n) is 3.49. The maximum Gasteiger partial charge on any atom is 0.199 e. The van der Waals surface area contributed by atoms with E-state index in [-0.39, 0.29) is 0 Å². The molecule has 0 rings (SSSR count). The predicted molar refractivity (Wildman–Crippen MR) is 88.7 cm³/mol. The summed E-state index contributed by atoms with van der Waals surface area (Å²) in [6.45, 7) is 2.28. The molecule has 0 aliphatic rings. The molecule has 0 amide bonds. The van der Waals surface area contributed by atoms with Crippen LogP contribution in [0.25, 0.3) is 0 Å². The van der Waals surface area contributed by atoms with Gasteiger partial charge in [-0.15, -0.1) is 0 Å². The summed E-state index contributed by atoms with van der Waals surface area (Å²) in [4.78, 5) is 10.0. The summed E-state index contributed by atoms with van der Waals surface area (Å²) in [5.74, 6) is 2.18. The van der Waals surface area contributed by atoms with E-state index in [2.05, 4.69) is 6.92 Å². The van der Waals surface area contributed by atoms with E-state index in [1.165, 1.54) is 82.8 Å². The molecular formula is C17H33OS. The topological polar surface area (TPSA) is 17.1 Å². The van der Waals surface area contributed by atoms with Gasteiger partial charge >= 0.3 is 0 Å². The number of thioether (sulfide) groups is 1. The fraction of sp³-hybridized carbons (Fsp3) is 0.941. The van der Waals surface area contributed by atoms with E-state index in [9.17, 15) is 4.79 Å². The molecule has 0 aromatic rings. The molecule has 0 aliphatic carbocycles. The van der Waals surface area contributed by atoms with Gasteiger partial charge in [0.2, 0.25) is 0 Å². The van der Waals surface area contributed by atoms with Crippen LogP contribution in [0.3, 0.4) is 0 Å². The lowest BCUT2D eigenvalue weighted by atomic mass is 10.1. The summed E-state index contributed by atoms with van der Waals surface area (Å²) in [6, 6.07) is 0. The predicted octanol–water partition coefficient (Wildman–Crippen LogP) is 5.92. The molecule has 0 spiro atoms. The van der Waals surface area contributed by atoms with E-state index >= 15 is 0 Å². The number of unbranched alkanes of at least 4 members (excludes halogenated alkanes) is 11. The standard InChI is InChI=1S/C17H33OS/c1-2-3-4-5-6-7-8-9-10-11-12-13-16-19-17-14-15-18/h2-14,16-17H2,1H3. The first-order valence-corrected chi connectivity index (χ1v) is 9.50. The summed E-state index contributed by atoms with van der Waals surface area (Å²) >= 11 is 1.90. The first kappa shape index (κ1) is 19.0. The highest BCUT2D eigenvalue weighted by Crippen LogP contribution is 2.13. The number of rotatable bonds is 16. The first-order valence-electron chi connectivity index (χ1n) is 8.34. The van der Waals surface area contributed by atoms with E-state index in [0.717, 1.165) is 5.75 Å². The minimum absolute atomic E-state index is 0.600. The van der Waals surface area contributed by atoms with E-state index in [4.69, 9.17) is 0 Å². The molecule has 0 aromatic heterocycles. The van der Waals surface area contributed by atoms with Crippen molar-refractivity contribution in [2.45, 2.75) is 90.4 Å². The molecular weight excluding hydrogens is 252 g/mol. The van der Waals surface area contributed by atoms with Crippen LogP contribution in [0.15, 0.2) is 0 Å². The molecule has 0 fully saturated rings. The van der Waals surface area contributed by atoms with Crippen molar-refractivity contribution in [1.82, 2.24) is 0 Å². The Bertz CT molecular complexity index is 171. The van der Waals surface area contributed by atoms with Gasteiger partial charge in [0.15, 0.2) is 6.29 Å². The van der Waals surface area contributed by atoms with Crippen molar-refractivity contribution in [3.63, 3.8) is 0 Å². The molecule has 2 heteroatoms. The van der Waals surface area contributed by atoms with Crippen molar-refractivity contribution in [3.8, 4) is 0 Å². The monoisotopic (exact) mass is 285 g/mol. The molecule has 0 saturated carbocycles. The summed E-state index contributed by atoms with van der Waals surface area (Å²) in [5.41, 5.74) is 0. The number of carbonyl (C=O) groups excluding carboxylic acids is 1. The van der Waals surface area contributed by atoms with Crippen molar-refractivity contribution in [2.24, 2.45) is 0 Å². The Morgan fingerprint density at radius 3 is 1.63 bits per heavy atom. The van der Waals surface area contributed by atoms with Crippen LogP contribution in [0.5, 0.6) is 0 Å². The molecule has 0 aliphatic heterocycles. The lowest BCUT2D eigenvalue weighted by molar-refractivity contribution is 0.548. The van der Waals surface area contributed by atoms with Gasteiger partial charge in [-0.1, -0.05) is 77.6 Å². The third-order valence-corrected chi connectivity index (χ3v) is 4.56. The Morgan fingerprint density at radius 2 is 1.16 bits per heavy atom. The van der Waals surface area contributed by atoms with Gasteiger partial charge in [-0.25, -0.2) is 0 Å². The molecule has 0 unspecified atom stereocenters. The largest absolute Gasteiger partial charge is 0.291 e. The highest BCUT2D eigenvalue weighted by Gasteiger charge is 1.94. The summed E-state index contributed by atoms with van der Waals surface area (Å²) in [5, 5.41) is 0. The average Bonchev–Trinajstić information content (AvgIpc) is 2.43. The second-order valence-corrected chi connectivity index (χ2v) is 6.62. The smallest absolute Gasteiger partial charge is 0.199 e. The van der Waals surface area contributed by atoms with E-state index < -0.39 is 0 Å². The zero-order valence-corrected chi connectivity index (χ0v) is 13.7. The molecule has 19 heavy (non-hydrogen) atoms. The number of hydrogen-bond donors (Lipinski definition) is 0. The highest BCUT2D eigenvalue weighted by molar-refractivity contribution is 7.99. The van der Waals surface area contributed by atoms with Gasteiger partial charge in [-0.3, -0.25) is 4.79 Å². The van der Waals surface area contributed by atoms with Gasteiger partial charge < -0.3 is 0 Å². The highest BCUT2D eigenvalue weighted by atomic mass is 32.2. The Balaban J connectivity index is 2.89. The van der Waals surface area contributed by atoms with Crippen LogP contribution in [0.1, 0.15) is 90.4 Å². The Labute approximate surface area is 125 Å². The average molecular weight is 286 g/mol. The van der Waals surface area contributed by atoms with Crippen LogP contribution in [-0.4, -0.2) is 17.8 Å².